The van der Waals surface area contributed by atoms with E-state index in [9.17, 15) is 28.2 Å². The summed E-state index contributed by atoms with van der Waals surface area (Å²) < 4.78 is 39.9. The number of ether oxygens (including phenoxy) is 1. The molecule has 0 aliphatic carbocycles. The van der Waals surface area contributed by atoms with Gasteiger partial charge in [-0.3, -0.25) is 4.79 Å². The lowest BCUT2D eigenvalue weighted by Crippen LogP contribution is -2.33. The average Bonchev–Trinajstić information content (AvgIpc) is 2.34. The number of nitrogens with zero attached hydrogens (tertiary/aromatic N) is 1. The van der Waals surface area contributed by atoms with Crippen LogP contribution in [0, 0.1) is 0 Å². The van der Waals surface area contributed by atoms with Crippen molar-refractivity contribution in [1.29, 1.82) is 0 Å². The maximum Gasteiger partial charge on any atom is 0.422 e. The maximum atomic E-state index is 11.9. The van der Waals surface area contributed by atoms with Crippen LogP contribution in [0.25, 0.3) is 0 Å². The summed E-state index contributed by atoms with van der Waals surface area (Å²) in [5.41, 5.74) is 4.80. The lowest BCUT2D eigenvalue weighted by molar-refractivity contribution is -0.154. The van der Waals surface area contributed by atoms with Crippen LogP contribution in [-0.2, 0) is 4.79 Å². The number of carbonyl (C=O) groups excluding carboxylic acids is 1. The monoisotopic (exact) mass is 280 g/mol. The maximum absolute atomic E-state index is 11.9. The number of rotatable bonds is 5. The molecule has 1 aromatic rings. The molecular weight excluding hydrogens is 269 g/mol. The zero-order valence-corrected chi connectivity index (χ0v) is 9.46. The third-order valence-corrected chi connectivity index (χ3v) is 2.08. The molecule has 0 saturated heterocycles. The molecule has 0 saturated carbocycles. The second-order valence-corrected chi connectivity index (χ2v) is 3.63. The molecule has 2 atom stereocenters. The number of hydrogen-bond acceptors (Lipinski definition) is 5. The van der Waals surface area contributed by atoms with Crippen molar-refractivity contribution in [3.05, 3.63) is 23.9 Å². The van der Waals surface area contributed by atoms with Gasteiger partial charge in [-0.15, -0.1) is 0 Å². The summed E-state index contributed by atoms with van der Waals surface area (Å²) >= 11 is 0. The molecule has 19 heavy (non-hydrogen) atoms. The molecule has 4 N–H and O–H groups in total. The Labute approximate surface area is 105 Å². The third-order valence-electron chi connectivity index (χ3n) is 2.08. The van der Waals surface area contributed by atoms with Gasteiger partial charge in [-0.2, -0.15) is 13.2 Å². The second kappa shape index (κ2) is 5.85. The van der Waals surface area contributed by atoms with Crippen molar-refractivity contribution in [2.45, 2.75) is 18.4 Å². The highest BCUT2D eigenvalue weighted by molar-refractivity contribution is 5.79. The van der Waals surface area contributed by atoms with Crippen molar-refractivity contribution in [2.75, 3.05) is 6.61 Å². The standard InChI is InChI=1S/C10H11F3N2O4/c11-10(12,13)4-19-6-2-1-5(3-15-6)7(16)8(17)9(14)18/h1-3,7-8,16-17H,4H2,(H2,14,18). The predicted molar refractivity (Wildman–Crippen MR) is 55.9 cm³/mol. The first-order chi connectivity index (χ1) is 8.70. The van der Waals surface area contributed by atoms with Crippen molar-refractivity contribution in [2.24, 2.45) is 5.73 Å². The first-order valence-corrected chi connectivity index (χ1v) is 5.01. The van der Waals surface area contributed by atoms with Gasteiger partial charge in [0.05, 0.1) is 0 Å². The number of pyridine rings is 1. The van der Waals surface area contributed by atoms with Gasteiger partial charge in [0.2, 0.25) is 11.8 Å². The van der Waals surface area contributed by atoms with Crippen LogP contribution in [0.2, 0.25) is 0 Å². The van der Waals surface area contributed by atoms with Gasteiger partial charge in [0.25, 0.3) is 0 Å². The largest absolute Gasteiger partial charge is 0.468 e. The van der Waals surface area contributed by atoms with Crippen molar-refractivity contribution < 1.29 is 32.9 Å². The van der Waals surface area contributed by atoms with Crippen LogP contribution in [0.15, 0.2) is 18.3 Å². The van der Waals surface area contributed by atoms with Crippen molar-refractivity contribution in [3.63, 3.8) is 0 Å². The molecule has 1 aromatic heterocycles. The van der Waals surface area contributed by atoms with E-state index in [2.05, 4.69) is 9.72 Å². The molecule has 0 aliphatic heterocycles. The molecule has 0 aromatic carbocycles. The summed E-state index contributed by atoms with van der Waals surface area (Å²) in [7, 11) is 0. The predicted octanol–water partition coefficient (Wildman–Crippen LogP) is -0.0977. The number of nitrogens with two attached hydrogens (primary N) is 1. The lowest BCUT2D eigenvalue weighted by atomic mass is 10.1. The van der Waals surface area contributed by atoms with E-state index in [1.165, 1.54) is 0 Å². The van der Waals surface area contributed by atoms with Crippen LogP contribution in [0.3, 0.4) is 0 Å². The Balaban J connectivity index is 2.68. The highest BCUT2D eigenvalue weighted by atomic mass is 19.4. The summed E-state index contributed by atoms with van der Waals surface area (Å²) in [4.78, 5) is 14.1. The van der Waals surface area contributed by atoms with Gasteiger partial charge in [-0.1, -0.05) is 0 Å². The van der Waals surface area contributed by atoms with Gasteiger partial charge < -0.3 is 20.7 Å². The Hall–Kier alpha value is -1.87. The molecule has 106 valence electrons. The molecule has 1 amide bonds. The number of hydrogen-bond donors (Lipinski definition) is 3. The fraction of sp³-hybridized carbons (Fsp3) is 0.400. The van der Waals surface area contributed by atoms with E-state index in [1.807, 2.05) is 0 Å². The van der Waals surface area contributed by atoms with Crippen molar-refractivity contribution in [1.82, 2.24) is 4.98 Å². The van der Waals surface area contributed by atoms with E-state index in [4.69, 9.17) is 5.73 Å². The van der Waals surface area contributed by atoms with E-state index in [0.717, 1.165) is 18.3 Å². The van der Waals surface area contributed by atoms with Gasteiger partial charge in [0.15, 0.2) is 12.7 Å². The van der Waals surface area contributed by atoms with Gasteiger partial charge >= 0.3 is 6.18 Å². The molecule has 0 fully saturated rings. The van der Waals surface area contributed by atoms with Gasteiger partial charge in [0.1, 0.15) is 6.10 Å². The fourth-order valence-electron chi connectivity index (χ4n) is 1.15. The fourth-order valence-corrected chi connectivity index (χ4v) is 1.15. The van der Waals surface area contributed by atoms with Crippen LogP contribution in [0.4, 0.5) is 13.2 Å². The Morgan fingerprint density at radius 2 is 2.05 bits per heavy atom. The van der Waals surface area contributed by atoms with Gasteiger partial charge in [0, 0.05) is 17.8 Å². The number of carbonyl (C=O) groups is 1. The van der Waals surface area contributed by atoms with E-state index < -0.39 is 30.9 Å². The van der Waals surface area contributed by atoms with Crippen LogP contribution < -0.4 is 10.5 Å². The summed E-state index contributed by atoms with van der Waals surface area (Å²) in [5, 5.41) is 18.7. The number of halogens is 3. The van der Waals surface area contributed by atoms with Crippen molar-refractivity contribution in [3.8, 4) is 5.88 Å². The summed E-state index contributed by atoms with van der Waals surface area (Å²) in [6.45, 7) is -1.49. The minimum atomic E-state index is -4.48. The summed E-state index contributed by atoms with van der Waals surface area (Å²) in [5.74, 6) is -1.44. The van der Waals surface area contributed by atoms with E-state index >= 15 is 0 Å². The molecule has 1 heterocycles. The van der Waals surface area contributed by atoms with Crippen LogP contribution in [0.1, 0.15) is 11.7 Å². The van der Waals surface area contributed by atoms with Gasteiger partial charge in [-0.25, -0.2) is 4.98 Å². The molecule has 9 heteroatoms. The van der Waals surface area contributed by atoms with E-state index in [-0.39, 0.29) is 11.4 Å². The zero-order valence-electron chi connectivity index (χ0n) is 9.46. The minimum absolute atomic E-state index is 0.0191. The number of aliphatic hydroxyl groups is 2. The molecule has 0 bridgehead atoms. The highest BCUT2D eigenvalue weighted by Gasteiger charge is 2.29. The Morgan fingerprint density at radius 1 is 1.42 bits per heavy atom. The zero-order chi connectivity index (χ0) is 14.6. The smallest absolute Gasteiger partial charge is 0.422 e. The van der Waals surface area contributed by atoms with Gasteiger partial charge in [-0.05, 0) is 6.07 Å². The van der Waals surface area contributed by atoms with E-state index in [0.29, 0.717) is 0 Å². The van der Waals surface area contributed by atoms with Crippen LogP contribution in [0.5, 0.6) is 5.88 Å². The number of alkyl halides is 3. The van der Waals surface area contributed by atoms with Crippen LogP contribution in [-0.4, -0.2) is 40.0 Å². The molecule has 1 rings (SSSR count). The molecule has 6 nitrogen and oxygen atoms in total. The van der Waals surface area contributed by atoms with Crippen molar-refractivity contribution >= 4 is 5.91 Å². The summed E-state index contributed by atoms with van der Waals surface area (Å²) in [6.07, 6.45) is -6.95. The SMILES string of the molecule is NC(=O)C(O)C(O)c1ccc(OCC(F)(F)F)nc1. The lowest BCUT2D eigenvalue weighted by Gasteiger charge is -2.15. The Kier molecular flexibility index (Phi) is 4.67. The highest BCUT2D eigenvalue weighted by Crippen LogP contribution is 2.20. The van der Waals surface area contributed by atoms with Crippen LogP contribution >= 0.6 is 0 Å². The Morgan fingerprint density at radius 3 is 2.47 bits per heavy atom. The first-order valence-electron chi connectivity index (χ1n) is 5.01. The number of amides is 1. The normalized spacial score (nSPS) is 14.8. The average molecular weight is 280 g/mol. The number of aromatic nitrogens is 1. The quantitative estimate of drug-likeness (QED) is 0.698. The topological polar surface area (TPSA) is 106 Å². The molecule has 0 radical (unpaired) electrons. The molecular formula is C10H11F3N2O4. The third kappa shape index (κ3) is 4.72. The molecule has 0 aliphatic rings. The number of primary amides is 1. The first kappa shape index (κ1) is 15.2. The number of aliphatic hydroxyl groups excluding tert-OH is 2. The minimum Gasteiger partial charge on any atom is -0.468 e. The molecule has 2 unspecified atom stereocenters. The second-order valence-electron chi connectivity index (χ2n) is 3.63. The Bertz CT molecular complexity index is 435. The summed E-state index contributed by atoms with van der Waals surface area (Å²) in [6, 6.07) is 2.23. The van der Waals surface area contributed by atoms with E-state index in [1.54, 1.807) is 0 Å². The molecule has 0 spiro atoms.